The molecule has 8 heteroatoms. The Morgan fingerprint density at radius 3 is 2.41 bits per heavy atom. The SMILES string of the molecule is Cc1cc(/C=C2\SC(=O)N(CC(=O)Nc3ccccc3)C2=O)c(C)n1CCOc1ccccc1. The van der Waals surface area contributed by atoms with E-state index in [1.165, 1.54) is 0 Å². The average Bonchev–Trinajstić information content (AvgIpc) is 3.24. The van der Waals surface area contributed by atoms with Gasteiger partial charge in [0.05, 0.1) is 11.4 Å². The van der Waals surface area contributed by atoms with Gasteiger partial charge >= 0.3 is 0 Å². The molecule has 0 atom stereocenters. The Balaban J connectivity index is 1.41. The van der Waals surface area contributed by atoms with Gasteiger partial charge in [-0.05, 0) is 67.6 Å². The summed E-state index contributed by atoms with van der Waals surface area (Å²) in [5.41, 5.74) is 3.47. The number of nitrogens with one attached hydrogen (secondary N) is 1. The first-order chi connectivity index (χ1) is 16.4. The first-order valence-electron chi connectivity index (χ1n) is 10.9. The van der Waals surface area contributed by atoms with E-state index < -0.39 is 17.1 Å². The van der Waals surface area contributed by atoms with Gasteiger partial charge < -0.3 is 14.6 Å². The molecule has 174 valence electrons. The monoisotopic (exact) mass is 475 g/mol. The predicted molar refractivity (Wildman–Crippen MR) is 134 cm³/mol. The fourth-order valence-electron chi connectivity index (χ4n) is 3.73. The highest BCUT2D eigenvalue weighted by Crippen LogP contribution is 2.33. The number of nitrogens with zero attached hydrogens (tertiary/aromatic N) is 2. The van der Waals surface area contributed by atoms with E-state index in [0.717, 1.165) is 39.4 Å². The number of amides is 3. The van der Waals surface area contributed by atoms with Crippen LogP contribution < -0.4 is 10.1 Å². The van der Waals surface area contributed by atoms with Gasteiger partial charge in [-0.15, -0.1) is 0 Å². The molecule has 7 nitrogen and oxygen atoms in total. The Hall–Kier alpha value is -3.78. The van der Waals surface area contributed by atoms with E-state index >= 15 is 0 Å². The zero-order valence-corrected chi connectivity index (χ0v) is 19.8. The molecule has 0 aliphatic carbocycles. The molecule has 0 unspecified atom stereocenters. The number of carbonyl (C=O) groups excluding carboxylic acids is 3. The molecular weight excluding hydrogens is 450 g/mol. The van der Waals surface area contributed by atoms with Crippen molar-refractivity contribution in [2.45, 2.75) is 20.4 Å². The quantitative estimate of drug-likeness (QED) is 0.471. The van der Waals surface area contributed by atoms with Crippen molar-refractivity contribution in [3.8, 4) is 5.75 Å². The van der Waals surface area contributed by atoms with Gasteiger partial charge in [0, 0.05) is 17.1 Å². The van der Waals surface area contributed by atoms with E-state index in [2.05, 4.69) is 9.88 Å². The second-order valence-corrected chi connectivity index (χ2v) is 8.81. The van der Waals surface area contributed by atoms with Gasteiger partial charge in [0.15, 0.2) is 0 Å². The second-order valence-electron chi connectivity index (χ2n) is 7.82. The lowest BCUT2D eigenvalue weighted by molar-refractivity contribution is -0.127. The smallest absolute Gasteiger partial charge is 0.294 e. The van der Waals surface area contributed by atoms with Gasteiger partial charge in [-0.1, -0.05) is 36.4 Å². The normalized spacial score (nSPS) is 14.6. The number of hydrogen-bond acceptors (Lipinski definition) is 5. The molecule has 3 aromatic rings. The van der Waals surface area contributed by atoms with Crippen LogP contribution >= 0.6 is 11.8 Å². The van der Waals surface area contributed by atoms with Crippen LogP contribution in [-0.4, -0.2) is 39.7 Å². The summed E-state index contributed by atoms with van der Waals surface area (Å²) in [7, 11) is 0. The average molecular weight is 476 g/mol. The molecule has 1 saturated heterocycles. The molecule has 34 heavy (non-hydrogen) atoms. The highest BCUT2D eigenvalue weighted by atomic mass is 32.2. The summed E-state index contributed by atoms with van der Waals surface area (Å²) in [5.74, 6) is -0.0723. The first kappa shape index (κ1) is 23.4. The lowest BCUT2D eigenvalue weighted by atomic mass is 10.2. The molecule has 1 aliphatic heterocycles. The van der Waals surface area contributed by atoms with E-state index in [1.807, 2.05) is 56.3 Å². The van der Waals surface area contributed by atoms with Crippen LogP contribution in [-0.2, 0) is 16.1 Å². The summed E-state index contributed by atoms with van der Waals surface area (Å²) >= 11 is 0.848. The summed E-state index contributed by atoms with van der Waals surface area (Å²) in [5, 5.41) is 2.24. The van der Waals surface area contributed by atoms with Gasteiger partial charge in [0.2, 0.25) is 5.91 Å². The lowest BCUT2D eigenvalue weighted by Crippen LogP contribution is -2.36. The van der Waals surface area contributed by atoms with Crippen molar-refractivity contribution in [1.29, 1.82) is 0 Å². The van der Waals surface area contributed by atoms with Crippen LogP contribution in [0.4, 0.5) is 10.5 Å². The highest BCUT2D eigenvalue weighted by molar-refractivity contribution is 8.18. The number of hydrogen-bond donors (Lipinski definition) is 1. The summed E-state index contributed by atoms with van der Waals surface area (Å²) < 4.78 is 7.92. The maximum atomic E-state index is 12.8. The standard InChI is InChI=1S/C26H25N3O4S/c1-18-15-20(19(2)28(18)13-14-33-22-11-7-4-8-12-22)16-23-25(31)29(26(32)34-23)17-24(30)27-21-9-5-3-6-10-21/h3-12,15-16H,13-14,17H2,1-2H3,(H,27,30)/b23-16-. The number of anilines is 1. The minimum atomic E-state index is -0.463. The molecule has 1 aromatic heterocycles. The number of rotatable bonds is 8. The maximum absolute atomic E-state index is 12.8. The maximum Gasteiger partial charge on any atom is 0.294 e. The van der Waals surface area contributed by atoms with Crippen molar-refractivity contribution in [3.63, 3.8) is 0 Å². The molecule has 1 N–H and O–H groups in total. The Morgan fingerprint density at radius 2 is 1.71 bits per heavy atom. The van der Waals surface area contributed by atoms with Crippen LogP contribution in [0.15, 0.2) is 71.6 Å². The highest BCUT2D eigenvalue weighted by Gasteiger charge is 2.36. The van der Waals surface area contributed by atoms with Crippen molar-refractivity contribution >= 4 is 40.6 Å². The summed E-state index contributed by atoms with van der Waals surface area (Å²) in [6, 6.07) is 20.5. The van der Waals surface area contributed by atoms with Gasteiger partial charge in [0.25, 0.3) is 11.1 Å². The number of aryl methyl sites for hydroxylation is 1. The summed E-state index contributed by atoms with van der Waals surface area (Å²) in [6.07, 6.45) is 1.72. The number of para-hydroxylation sites is 2. The number of imide groups is 1. The number of ether oxygens (including phenoxy) is 1. The molecule has 4 rings (SSSR count). The molecule has 0 spiro atoms. The van der Waals surface area contributed by atoms with E-state index in [9.17, 15) is 14.4 Å². The van der Waals surface area contributed by atoms with Crippen molar-refractivity contribution < 1.29 is 19.1 Å². The van der Waals surface area contributed by atoms with Crippen LogP contribution in [0.5, 0.6) is 5.75 Å². The van der Waals surface area contributed by atoms with Crippen molar-refractivity contribution in [3.05, 3.63) is 88.6 Å². The van der Waals surface area contributed by atoms with Crippen LogP contribution in [0.3, 0.4) is 0 Å². The lowest BCUT2D eigenvalue weighted by Gasteiger charge is -2.12. The zero-order chi connectivity index (χ0) is 24.1. The minimum Gasteiger partial charge on any atom is -0.492 e. The third kappa shape index (κ3) is 5.40. The molecule has 3 amide bonds. The van der Waals surface area contributed by atoms with E-state index in [-0.39, 0.29) is 6.54 Å². The molecule has 0 bridgehead atoms. The number of aromatic nitrogens is 1. The van der Waals surface area contributed by atoms with Gasteiger partial charge in [-0.2, -0.15) is 0 Å². The van der Waals surface area contributed by atoms with E-state index in [0.29, 0.717) is 23.7 Å². The Bertz CT molecular complexity index is 1240. The second kappa shape index (κ2) is 10.4. The fraction of sp³-hybridized carbons (Fsp3) is 0.192. The van der Waals surface area contributed by atoms with Gasteiger partial charge in [-0.25, -0.2) is 0 Å². The molecule has 1 fully saturated rings. The predicted octanol–water partition coefficient (Wildman–Crippen LogP) is 4.86. The molecule has 0 radical (unpaired) electrons. The molecule has 2 heterocycles. The van der Waals surface area contributed by atoms with Crippen molar-refractivity contribution in [2.24, 2.45) is 0 Å². The minimum absolute atomic E-state index is 0.304. The number of carbonyl (C=O) groups is 3. The Morgan fingerprint density at radius 1 is 1.03 bits per heavy atom. The molecule has 0 saturated carbocycles. The van der Waals surface area contributed by atoms with Crippen molar-refractivity contribution in [1.82, 2.24) is 9.47 Å². The van der Waals surface area contributed by atoms with Crippen LogP contribution in [0.2, 0.25) is 0 Å². The van der Waals surface area contributed by atoms with Crippen LogP contribution in [0, 0.1) is 13.8 Å². The van der Waals surface area contributed by atoms with Gasteiger partial charge in [-0.3, -0.25) is 19.3 Å². The molecular formula is C26H25N3O4S. The van der Waals surface area contributed by atoms with Gasteiger partial charge in [0.1, 0.15) is 18.9 Å². The first-order valence-corrected chi connectivity index (χ1v) is 11.7. The third-order valence-electron chi connectivity index (χ3n) is 5.46. The Labute approximate surface area is 202 Å². The molecule has 1 aliphatic rings. The zero-order valence-electron chi connectivity index (χ0n) is 19.0. The van der Waals surface area contributed by atoms with Crippen LogP contribution in [0.1, 0.15) is 17.0 Å². The fourth-order valence-corrected chi connectivity index (χ4v) is 4.56. The number of thioether (sulfide) groups is 1. The van der Waals surface area contributed by atoms with E-state index in [1.54, 1.807) is 30.3 Å². The topological polar surface area (TPSA) is 80.6 Å². The largest absolute Gasteiger partial charge is 0.492 e. The Kier molecular flexibility index (Phi) is 7.18. The van der Waals surface area contributed by atoms with Crippen LogP contribution in [0.25, 0.3) is 6.08 Å². The summed E-state index contributed by atoms with van der Waals surface area (Å²) in [4.78, 5) is 38.9. The third-order valence-corrected chi connectivity index (χ3v) is 6.37. The molecule has 2 aromatic carbocycles. The van der Waals surface area contributed by atoms with Crippen molar-refractivity contribution in [2.75, 3.05) is 18.5 Å². The summed E-state index contributed by atoms with van der Waals surface area (Å²) in [6.45, 7) is 4.80. The van der Waals surface area contributed by atoms with E-state index in [4.69, 9.17) is 4.74 Å². The number of benzene rings is 2.